The molecule has 8 aromatic rings. The Morgan fingerprint density at radius 2 is 0.912 bits per heavy atom. The third-order valence-electron chi connectivity index (χ3n) is 13.6. The molecule has 2 heteroatoms. The Morgan fingerprint density at radius 3 is 1.60 bits per heavy atom. The lowest BCUT2D eigenvalue weighted by molar-refractivity contribution is 0.578. The number of nitrogens with zero attached hydrogens (tertiary/aromatic N) is 2. The third kappa shape index (κ3) is 5.75. The Kier molecular flexibility index (Phi) is 8.24. The van der Waals surface area contributed by atoms with E-state index in [4.69, 9.17) is 0 Å². The second kappa shape index (κ2) is 13.7. The van der Waals surface area contributed by atoms with Crippen LogP contribution >= 0.6 is 0 Å². The number of fused-ring (bicyclic) bond motifs is 6. The minimum atomic E-state index is -0.0402. The molecule has 0 amide bonds. The van der Waals surface area contributed by atoms with Crippen molar-refractivity contribution >= 4 is 43.7 Å². The lowest BCUT2D eigenvalue weighted by atomic mass is 9.81. The first kappa shape index (κ1) is 34.4. The molecule has 0 saturated carbocycles. The maximum Gasteiger partial charge on any atom is 0.0372 e. The summed E-state index contributed by atoms with van der Waals surface area (Å²) in [6.45, 7) is 9.26. The van der Waals surface area contributed by atoms with E-state index in [0.29, 0.717) is 0 Å². The molecule has 2 fully saturated rings. The molecule has 2 saturated heterocycles. The fourth-order valence-electron chi connectivity index (χ4n) is 10.6. The highest BCUT2D eigenvalue weighted by Gasteiger charge is 2.35. The van der Waals surface area contributed by atoms with Crippen LogP contribution in [0.1, 0.15) is 63.5 Å². The zero-order chi connectivity index (χ0) is 38.1. The van der Waals surface area contributed by atoms with Gasteiger partial charge in [0.05, 0.1) is 0 Å². The molecule has 0 bridgehead atoms. The molecule has 0 radical (unpaired) electrons. The molecule has 8 aromatic carbocycles. The Labute approximate surface area is 337 Å². The number of rotatable bonds is 5. The molecule has 0 aromatic heterocycles. The van der Waals surface area contributed by atoms with E-state index < -0.39 is 0 Å². The summed E-state index contributed by atoms with van der Waals surface area (Å²) in [5.41, 5.74) is 16.0. The maximum atomic E-state index is 2.62. The first-order chi connectivity index (χ1) is 28.0. The van der Waals surface area contributed by atoms with Crippen molar-refractivity contribution in [3.8, 4) is 44.5 Å². The lowest BCUT2D eigenvalue weighted by Crippen LogP contribution is -2.29. The van der Waals surface area contributed by atoms with Gasteiger partial charge < -0.3 is 9.80 Å². The molecule has 3 aliphatic rings. The third-order valence-corrected chi connectivity index (χ3v) is 13.6. The van der Waals surface area contributed by atoms with Crippen molar-refractivity contribution in [2.24, 2.45) is 0 Å². The highest BCUT2D eigenvalue weighted by atomic mass is 15.1. The summed E-state index contributed by atoms with van der Waals surface area (Å²) >= 11 is 0. The average molecular weight is 739 g/mol. The number of benzene rings is 8. The summed E-state index contributed by atoms with van der Waals surface area (Å²) in [6, 6.07) is 56.2. The SMILES string of the molecule is CC1(C)c2ccccc2-c2ccc(-c3cccc(-c4c5ccc(N6CCCCC6)cc5c(-c5ccc6ccccc6c5)c5ccc(N6CCCCC6)cc45)c3)cc21. The molecule has 0 unspecified atom stereocenters. The van der Waals surface area contributed by atoms with E-state index in [1.807, 2.05) is 0 Å². The fourth-order valence-corrected chi connectivity index (χ4v) is 10.6. The second-order valence-electron chi connectivity index (χ2n) is 17.4. The van der Waals surface area contributed by atoms with E-state index in [2.05, 4.69) is 169 Å². The van der Waals surface area contributed by atoms with Gasteiger partial charge in [-0.05, 0) is 169 Å². The number of hydrogen-bond donors (Lipinski definition) is 0. The Hall–Kier alpha value is -5.86. The van der Waals surface area contributed by atoms with E-state index in [9.17, 15) is 0 Å². The highest BCUT2D eigenvalue weighted by molar-refractivity contribution is 6.23. The van der Waals surface area contributed by atoms with Gasteiger partial charge in [0.2, 0.25) is 0 Å². The normalized spacial score (nSPS) is 16.3. The molecule has 0 N–H and O–H groups in total. The zero-order valence-electron chi connectivity index (χ0n) is 33.3. The van der Waals surface area contributed by atoms with Crippen molar-refractivity contribution in [1.82, 2.24) is 0 Å². The van der Waals surface area contributed by atoms with Crippen LogP contribution in [0.25, 0.3) is 76.8 Å². The molecule has 11 rings (SSSR count). The van der Waals surface area contributed by atoms with Gasteiger partial charge in [-0.25, -0.2) is 0 Å². The molecule has 57 heavy (non-hydrogen) atoms. The van der Waals surface area contributed by atoms with Crippen molar-refractivity contribution in [2.45, 2.75) is 57.8 Å². The van der Waals surface area contributed by atoms with Crippen molar-refractivity contribution in [2.75, 3.05) is 36.0 Å². The largest absolute Gasteiger partial charge is 0.372 e. The maximum absolute atomic E-state index is 2.62. The van der Waals surface area contributed by atoms with E-state index in [0.717, 1.165) is 26.2 Å². The molecule has 1 aliphatic carbocycles. The van der Waals surface area contributed by atoms with E-state index in [1.54, 1.807) is 0 Å². The van der Waals surface area contributed by atoms with Crippen molar-refractivity contribution in [1.29, 1.82) is 0 Å². The summed E-state index contributed by atoms with van der Waals surface area (Å²) in [7, 11) is 0. The van der Waals surface area contributed by atoms with Gasteiger partial charge in [-0.2, -0.15) is 0 Å². The van der Waals surface area contributed by atoms with Crippen molar-refractivity contribution in [3.63, 3.8) is 0 Å². The van der Waals surface area contributed by atoms with Crippen LogP contribution in [0, 0.1) is 0 Å². The van der Waals surface area contributed by atoms with E-state index in [1.165, 1.54) is 138 Å². The van der Waals surface area contributed by atoms with Gasteiger partial charge in [0.25, 0.3) is 0 Å². The van der Waals surface area contributed by atoms with Crippen LogP contribution in [0.2, 0.25) is 0 Å². The van der Waals surface area contributed by atoms with Gasteiger partial charge >= 0.3 is 0 Å². The summed E-state index contributed by atoms with van der Waals surface area (Å²) in [5.74, 6) is 0. The van der Waals surface area contributed by atoms with Crippen LogP contribution in [-0.2, 0) is 5.41 Å². The van der Waals surface area contributed by atoms with Crippen LogP contribution in [-0.4, -0.2) is 26.2 Å². The first-order valence-electron chi connectivity index (χ1n) is 21.4. The van der Waals surface area contributed by atoms with Crippen LogP contribution in [0.4, 0.5) is 11.4 Å². The van der Waals surface area contributed by atoms with Gasteiger partial charge in [0, 0.05) is 43.0 Å². The highest BCUT2D eigenvalue weighted by Crippen LogP contribution is 2.51. The van der Waals surface area contributed by atoms with Crippen molar-refractivity contribution < 1.29 is 0 Å². The number of hydrogen-bond acceptors (Lipinski definition) is 2. The van der Waals surface area contributed by atoms with Crippen LogP contribution in [0.15, 0.2) is 146 Å². The van der Waals surface area contributed by atoms with Gasteiger partial charge in [-0.3, -0.25) is 0 Å². The van der Waals surface area contributed by atoms with Gasteiger partial charge in [-0.1, -0.05) is 117 Å². The van der Waals surface area contributed by atoms with Crippen LogP contribution in [0.3, 0.4) is 0 Å². The Bertz CT molecular complexity index is 2850. The van der Waals surface area contributed by atoms with Gasteiger partial charge in [0.15, 0.2) is 0 Å². The first-order valence-corrected chi connectivity index (χ1v) is 21.4. The van der Waals surface area contributed by atoms with Crippen molar-refractivity contribution in [3.05, 3.63) is 157 Å². The monoisotopic (exact) mass is 738 g/mol. The van der Waals surface area contributed by atoms with E-state index >= 15 is 0 Å². The topological polar surface area (TPSA) is 6.48 Å². The molecule has 2 nitrogen and oxygen atoms in total. The summed E-state index contributed by atoms with van der Waals surface area (Å²) in [6.07, 6.45) is 7.69. The quantitative estimate of drug-likeness (QED) is 0.162. The molecule has 280 valence electrons. The molecule has 2 aliphatic heterocycles. The van der Waals surface area contributed by atoms with Crippen LogP contribution < -0.4 is 9.80 Å². The summed E-state index contributed by atoms with van der Waals surface area (Å²) < 4.78 is 0. The van der Waals surface area contributed by atoms with Gasteiger partial charge in [-0.15, -0.1) is 0 Å². The lowest BCUT2D eigenvalue weighted by Gasteiger charge is -2.30. The molecule has 0 atom stereocenters. The minimum absolute atomic E-state index is 0.0402. The second-order valence-corrected chi connectivity index (χ2v) is 17.4. The molecule has 0 spiro atoms. The fraction of sp³-hybridized carbons (Fsp3) is 0.236. The standard InChI is InChI=1S/C55H50N2/c1-55(2)51-19-8-7-18-45(51)46-25-22-40(34-52(46)55)39-16-13-17-41(33-39)53-47-26-23-44(57-30-11-4-12-31-57)36-50(47)54(42-21-20-37-14-5-6-15-38(37)32-42)48-27-24-43(35-49(48)53)56-28-9-3-10-29-56/h5-8,13-27,32-36H,3-4,9-12,28-31H2,1-2H3. The summed E-state index contributed by atoms with van der Waals surface area (Å²) in [4.78, 5) is 5.23. The summed E-state index contributed by atoms with van der Waals surface area (Å²) in [5, 5.41) is 7.89. The predicted octanol–water partition coefficient (Wildman–Crippen LogP) is 14.4. The number of anilines is 2. The van der Waals surface area contributed by atoms with Gasteiger partial charge in [0.1, 0.15) is 0 Å². The zero-order valence-corrected chi connectivity index (χ0v) is 33.3. The minimum Gasteiger partial charge on any atom is -0.372 e. The molecule has 2 heterocycles. The van der Waals surface area contributed by atoms with E-state index in [-0.39, 0.29) is 5.41 Å². The smallest absolute Gasteiger partial charge is 0.0372 e. The number of piperidine rings is 2. The Morgan fingerprint density at radius 1 is 0.368 bits per heavy atom. The average Bonchev–Trinajstić information content (AvgIpc) is 3.50. The van der Waals surface area contributed by atoms with Crippen LogP contribution in [0.5, 0.6) is 0 Å². The molecular weight excluding hydrogens is 689 g/mol. The molecular formula is C55H50N2. The Balaban J connectivity index is 1.16. The predicted molar refractivity (Wildman–Crippen MR) is 245 cm³/mol.